The van der Waals surface area contributed by atoms with Crippen molar-refractivity contribution in [1.82, 2.24) is 4.98 Å². The molecule has 0 unspecified atom stereocenters. The number of hydrogen-bond acceptors (Lipinski definition) is 2. The lowest BCUT2D eigenvalue weighted by atomic mass is 10.0. The van der Waals surface area contributed by atoms with Crippen molar-refractivity contribution in [1.29, 1.82) is 5.26 Å². The first kappa shape index (κ1) is 20.6. The normalized spacial score (nSPS) is 10.7. The number of rotatable bonds is 3. The zero-order chi connectivity index (χ0) is 19.7. The van der Waals surface area contributed by atoms with Crippen LogP contribution in [0.2, 0.25) is 30.1 Å². The molecule has 27 heavy (non-hydrogen) atoms. The van der Waals surface area contributed by atoms with Gasteiger partial charge in [-0.15, -0.1) is 0 Å². The van der Waals surface area contributed by atoms with Crippen LogP contribution in [0, 0.1) is 11.3 Å². The summed E-state index contributed by atoms with van der Waals surface area (Å²) in [6.45, 7) is 0. The van der Waals surface area contributed by atoms with Crippen LogP contribution >= 0.6 is 69.6 Å². The molecule has 0 atom stereocenters. The average molecular weight is 477 g/mol. The highest BCUT2D eigenvalue weighted by Crippen LogP contribution is 2.40. The SMILES string of the molecule is N#CCc1cc(-c2ccc(Cl)c(Cl)c2Cl)nc(-c2ccc(Cl)c(Cl)c2Cl)c1. The molecule has 3 rings (SSSR count). The van der Waals surface area contributed by atoms with Gasteiger partial charge in [-0.2, -0.15) is 5.26 Å². The van der Waals surface area contributed by atoms with Gasteiger partial charge in [0.15, 0.2) is 0 Å². The molecule has 0 aliphatic heterocycles. The molecule has 8 heteroatoms. The van der Waals surface area contributed by atoms with Gasteiger partial charge < -0.3 is 0 Å². The van der Waals surface area contributed by atoms with Gasteiger partial charge >= 0.3 is 0 Å². The van der Waals surface area contributed by atoms with Crippen LogP contribution in [0.15, 0.2) is 36.4 Å². The van der Waals surface area contributed by atoms with E-state index in [1.807, 2.05) is 0 Å². The van der Waals surface area contributed by atoms with Gasteiger partial charge in [-0.3, -0.25) is 0 Å². The summed E-state index contributed by atoms with van der Waals surface area (Å²) in [4.78, 5) is 4.64. The maximum atomic E-state index is 9.11. The minimum Gasteiger partial charge on any atom is -0.248 e. The summed E-state index contributed by atoms with van der Waals surface area (Å²) >= 11 is 37.0. The van der Waals surface area contributed by atoms with Crippen molar-refractivity contribution in [2.75, 3.05) is 0 Å². The summed E-state index contributed by atoms with van der Waals surface area (Å²) in [5, 5.41) is 10.8. The van der Waals surface area contributed by atoms with Gasteiger partial charge in [0.1, 0.15) is 0 Å². The molecule has 0 radical (unpaired) electrons. The zero-order valence-corrected chi connectivity index (χ0v) is 17.9. The van der Waals surface area contributed by atoms with Gasteiger partial charge in [-0.05, 0) is 42.0 Å². The predicted molar refractivity (Wildman–Crippen MR) is 114 cm³/mol. The Morgan fingerprint density at radius 2 is 1.15 bits per heavy atom. The molecule has 0 aliphatic carbocycles. The fourth-order valence-electron chi connectivity index (χ4n) is 2.50. The van der Waals surface area contributed by atoms with Gasteiger partial charge in [0.2, 0.25) is 0 Å². The van der Waals surface area contributed by atoms with Gasteiger partial charge in [0, 0.05) is 11.1 Å². The van der Waals surface area contributed by atoms with E-state index in [0.717, 1.165) is 5.56 Å². The van der Waals surface area contributed by atoms with E-state index in [9.17, 15) is 0 Å². The third kappa shape index (κ3) is 4.15. The fourth-order valence-corrected chi connectivity index (χ4v) is 3.77. The van der Waals surface area contributed by atoms with Crippen LogP contribution in [-0.2, 0) is 6.42 Å². The molecule has 2 aromatic carbocycles. The summed E-state index contributed by atoms with van der Waals surface area (Å²) in [5.74, 6) is 0. The second-order valence-electron chi connectivity index (χ2n) is 5.53. The standard InChI is InChI=1S/C19H8Cl6N2/c20-12-3-1-10(16(22)18(12)24)14-7-9(5-6-26)8-15(27-14)11-2-4-13(21)19(25)17(11)23/h1-4,7-8H,5H2. The monoisotopic (exact) mass is 474 g/mol. The Kier molecular flexibility index (Phi) is 6.43. The number of pyridine rings is 1. The van der Waals surface area contributed by atoms with Crippen LogP contribution in [0.3, 0.4) is 0 Å². The smallest absolute Gasteiger partial charge is 0.0785 e. The van der Waals surface area contributed by atoms with E-state index in [2.05, 4.69) is 11.1 Å². The Morgan fingerprint density at radius 1 is 0.704 bits per heavy atom. The van der Waals surface area contributed by atoms with Crippen LogP contribution in [0.25, 0.3) is 22.5 Å². The van der Waals surface area contributed by atoms with Crippen molar-refractivity contribution in [3.63, 3.8) is 0 Å². The number of benzene rings is 2. The largest absolute Gasteiger partial charge is 0.248 e. The van der Waals surface area contributed by atoms with Crippen LogP contribution in [0.5, 0.6) is 0 Å². The molecule has 2 nitrogen and oxygen atoms in total. The topological polar surface area (TPSA) is 36.7 Å². The number of nitrogens with zero attached hydrogens (tertiary/aromatic N) is 2. The van der Waals surface area contributed by atoms with E-state index in [1.165, 1.54) is 0 Å². The lowest BCUT2D eigenvalue weighted by Gasteiger charge is -2.12. The minimum absolute atomic E-state index is 0.181. The molecular formula is C19H8Cl6N2. The highest BCUT2D eigenvalue weighted by molar-refractivity contribution is 6.49. The van der Waals surface area contributed by atoms with Gasteiger partial charge in [0.05, 0.1) is 54.0 Å². The van der Waals surface area contributed by atoms with Gasteiger partial charge in [0.25, 0.3) is 0 Å². The minimum atomic E-state index is 0.181. The third-order valence-electron chi connectivity index (χ3n) is 3.79. The lowest BCUT2D eigenvalue weighted by Crippen LogP contribution is -1.95. The van der Waals surface area contributed by atoms with E-state index >= 15 is 0 Å². The van der Waals surface area contributed by atoms with Crippen molar-refractivity contribution in [3.05, 3.63) is 72.1 Å². The summed E-state index contributed by atoms with van der Waals surface area (Å²) in [7, 11) is 0. The van der Waals surface area contributed by atoms with Crippen molar-refractivity contribution >= 4 is 69.6 Å². The summed E-state index contributed by atoms with van der Waals surface area (Å²) in [5.41, 5.74) is 2.97. The van der Waals surface area contributed by atoms with Crippen molar-refractivity contribution in [3.8, 4) is 28.6 Å². The molecule has 0 aliphatic rings. The van der Waals surface area contributed by atoms with Crippen molar-refractivity contribution in [2.45, 2.75) is 6.42 Å². The van der Waals surface area contributed by atoms with Crippen LogP contribution in [0.4, 0.5) is 0 Å². The highest BCUT2D eigenvalue weighted by Gasteiger charge is 2.16. The molecule has 1 aromatic heterocycles. The second-order valence-corrected chi connectivity index (χ2v) is 7.85. The van der Waals surface area contributed by atoms with Crippen LogP contribution in [0.1, 0.15) is 5.56 Å². The van der Waals surface area contributed by atoms with Crippen LogP contribution in [-0.4, -0.2) is 4.98 Å². The maximum Gasteiger partial charge on any atom is 0.0785 e. The average Bonchev–Trinajstić information content (AvgIpc) is 2.64. The first-order valence-electron chi connectivity index (χ1n) is 7.49. The second kappa shape index (κ2) is 8.45. The molecule has 0 fully saturated rings. The molecule has 136 valence electrons. The van der Waals surface area contributed by atoms with E-state index in [4.69, 9.17) is 74.9 Å². The van der Waals surface area contributed by atoms with Crippen LogP contribution < -0.4 is 0 Å². The van der Waals surface area contributed by atoms with Crippen molar-refractivity contribution in [2.24, 2.45) is 0 Å². The van der Waals surface area contributed by atoms with Crippen molar-refractivity contribution < 1.29 is 0 Å². The molecule has 0 saturated heterocycles. The van der Waals surface area contributed by atoms with Gasteiger partial charge in [-0.25, -0.2) is 4.98 Å². The van der Waals surface area contributed by atoms with E-state index in [-0.39, 0.29) is 26.5 Å². The molecule has 0 N–H and O–H groups in total. The maximum absolute atomic E-state index is 9.11. The molecule has 0 amide bonds. The molecule has 3 aromatic rings. The Labute approximate surface area is 186 Å². The van der Waals surface area contributed by atoms with E-state index in [1.54, 1.807) is 36.4 Å². The Hall–Kier alpha value is -1.18. The zero-order valence-electron chi connectivity index (χ0n) is 13.3. The lowest BCUT2D eigenvalue weighted by molar-refractivity contribution is 1.22. The summed E-state index contributed by atoms with van der Waals surface area (Å²) < 4.78 is 0. The predicted octanol–water partition coefficient (Wildman–Crippen LogP) is 8.40. The van der Waals surface area contributed by atoms with E-state index in [0.29, 0.717) is 32.6 Å². The summed E-state index contributed by atoms with van der Waals surface area (Å²) in [6.07, 6.45) is 0.181. The van der Waals surface area contributed by atoms with Gasteiger partial charge in [-0.1, -0.05) is 69.6 Å². The third-order valence-corrected chi connectivity index (χ3v) is 6.38. The number of aromatic nitrogens is 1. The fraction of sp³-hybridized carbons (Fsp3) is 0.0526. The number of nitriles is 1. The Morgan fingerprint density at radius 3 is 1.56 bits per heavy atom. The van der Waals surface area contributed by atoms with E-state index < -0.39 is 0 Å². The highest BCUT2D eigenvalue weighted by atomic mass is 35.5. The molecular weight excluding hydrogens is 469 g/mol. The Bertz CT molecular complexity index is 1010. The molecule has 0 saturated carbocycles. The Balaban J connectivity index is 2.25. The number of halogens is 6. The number of hydrogen-bond donors (Lipinski definition) is 0. The summed E-state index contributed by atoms with van der Waals surface area (Å²) in [6, 6.07) is 12.4. The molecule has 0 bridgehead atoms. The molecule has 1 heterocycles. The quantitative estimate of drug-likeness (QED) is 0.356. The first-order valence-corrected chi connectivity index (χ1v) is 9.76. The molecule has 0 spiro atoms. The first-order chi connectivity index (χ1) is 12.8.